The molecule has 1 amide bonds. The predicted octanol–water partition coefficient (Wildman–Crippen LogP) is 4.52. The minimum atomic E-state index is -3.80. The molecule has 1 heterocycles. The van der Waals surface area contributed by atoms with E-state index in [0.29, 0.717) is 22.7 Å². The maximum absolute atomic E-state index is 13.0. The summed E-state index contributed by atoms with van der Waals surface area (Å²) in [4.78, 5) is 12.8. The van der Waals surface area contributed by atoms with Crippen molar-refractivity contribution >= 4 is 38.3 Å². The topological polar surface area (TPSA) is 88.8 Å². The average Bonchev–Trinajstić information content (AvgIpc) is 3.24. The lowest BCUT2D eigenvalue weighted by Crippen LogP contribution is -2.26. The molecule has 0 aliphatic carbocycles. The number of hydrogen-bond donors (Lipinski definition) is 1. The summed E-state index contributed by atoms with van der Waals surface area (Å²) < 4.78 is 38.1. The Bertz CT molecular complexity index is 1350. The summed E-state index contributed by atoms with van der Waals surface area (Å²) in [5.41, 5.74) is 1.34. The quantitative estimate of drug-likeness (QED) is 0.480. The number of rotatable bonds is 6. The van der Waals surface area contributed by atoms with Gasteiger partial charge in [-0.1, -0.05) is 36.4 Å². The number of carbonyl (C=O) groups is 1. The molecule has 1 aromatic heterocycles. The van der Waals surface area contributed by atoms with Crippen molar-refractivity contribution in [2.45, 2.75) is 4.90 Å². The second-order valence-electron chi connectivity index (χ2n) is 6.78. The van der Waals surface area contributed by atoms with Crippen LogP contribution in [0.25, 0.3) is 11.0 Å². The fraction of sp³-hybridized carbons (Fsp3) is 0.0870. The lowest BCUT2D eigenvalue weighted by molar-refractivity contribution is 0.0998. The van der Waals surface area contributed by atoms with E-state index >= 15 is 0 Å². The summed E-state index contributed by atoms with van der Waals surface area (Å²) >= 11 is 0. The highest BCUT2D eigenvalue weighted by Gasteiger charge is 2.22. The number of carbonyl (C=O) groups excluding carboxylic acids is 1. The van der Waals surface area contributed by atoms with Crippen molar-refractivity contribution in [3.05, 3.63) is 84.6 Å². The first-order valence-corrected chi connectivity index (χ1v) is 10.9. The van der Waals surface area contributed by atoms with Gasteiger partial charge in [0.05, 0.1) is 17.7 Å². The number of methoxy groups -OCH3 is 1. The van der Waals surface area contributed by atoms with Gasteiger partial charge in [0.25, 0.3) is 15.9 Å². The molecule has 158 valence electrons. The molecule has 7 nitrogen and oxygen atoms in total. The van der Waals surface area contributed by atoms with E-state index in [1.165, 1.54) is 30.6 Å². The summed E-state index contributed by atoms with van der Waals surface area (Å²) in [6.45, 7) is 0. The second kappa shape index (κ2) is 8.16. The largest absolute Gasteiger partial charge is 0.493 e. The van der Waals surface area contributed by atoms with Gasteiger partial charge in [-0.05, 0) is 42.5 Å². The van der Waals surface area contributed by atoms with Crippen LogP contribution in [-0.4, -0.2) is 28.5 Å². The Labute approximate surface area is 179 Å². The molecule has 0 aliphatic heterocycles. The van der Waals surface area contributed by atoms with Gasteiger partial charge >= 0.3 is 0 Å². The molecule has 0 radical (unpaired) electrons. The Kier molecular flexibility index (Phi) is 5.39. The molecule has 3 aromatic carbocycles. The zero-order valence-electron chi connectivity index (χ0n) is 16.9. The number of amides is 1. The molecule has 0 atom stereocenters. The molecule has 4 aromatic rings. The van der Waals surface area contributed by atoms with Crippen LogP contribution in [0, 0.1) is 0 Å². The second-order valence-corrected chi connectivity index (χ2v) is 8.75. The summed E-state index contributed by atoms with van der Waals surface area (Å²) in [5.74, 6) is 0.118. The summed E-state index contributed by atoms with van der Waals surface area (Å²) in [5, 5.41) is 3.42. The standard InChI is InChI=1S/C23H20N2O5S/c1-25(18-10-4-3-5-11-18)31(27,28)19-12-7-9-17(15-19)24-23(26)21-14-16-8-6-13-20(29-2)22(16)30-21/h3-15H,1-2H3,(H,24,26). The number of nitrogens with zero attached hydrogens (tertiary/aromatic N) is 1. The van der Waals surface area contributed by atoms with Crippen LogP contribution >= 0.6 is 0 Å². The van der Waals surface area contributed by atoms with Crippen LogP contribution in [-0.2, 0) is 10.0 Å². The smallest absolute Gasteiger partial charge is 0.291 e. The molecule has 31 heavy (non-hydrogen) atoms. The maximum Gasteiger partial charge on any atom is 0.291 e. The van der Waals surface area contributed by atoms with E-state index in [4.69, 9.17) is 9.15 Å². The number of sulfonamides is 1. The van der Waals surface area contributed by atoms with Crippen molar-refractivity contribution in [3.63, 3.8) is 0 Å². The van der Waals surface area contributed by atoms with E-state index in [1.54, 1.807) is 54.6 Å². The average molecular weight is 436 g/mol. The highest BCUT2D eigenvalue weighted by atomic mass is 32.2. The molecular weight excluding hydrogens is 416 g/mol. The first kappa shape index (κ1) is 20.5. The Hall–Kier alpha value is -3.78. The Morgan fingerprint density at radius 2 is 1.71 bits per heavy atom. The first-order chi connectivity index (χ1) is 14.9. The summed E-state index contributed by atoms with van der Waals surface area (Å²) in [7, 11) is -0.795. The van der Waals surface area contributed by atoms with Gasteiger partial charge in [-0.15, -0.1) is 0 Å². The number of hydrogen-bond acceptors (Lipinski definition) is 5. The van der Waals surface area contributed by atoms with E-state index in [0.717, 1.165) is 5.39 Å². The molecule has 0 spiro atoms. The van der Waals surface area contributed by atoms with Crippen LogP contribution in [0.5, 0.6) is 5.75 Å². The van der Waals surface area contributed by atoms with Crippen LogP contribution in [0.3, 0.4) is 0 Å². The third-order valence-corrected chi connectivity index (χ3v) is 6.60. The SMILES string of the molecule is COc1cccc2cc(C(=O)Nc3cccc(S(=O)(=O)N(C)c4ccccc4)c3)oc12. The van der Waals surface area contributed by atoms with Gasteiger partial charge in [0.2, 0.25) is 0 Å². The van der Waals surface area contributed by atoms with Crippen molar-refractivity contribution < 1.29 is 22.4 Å². The van der Waals surface area contributed by atoms with Gasteiger partial charge in [0.1, 0.15) is 0 Å². The fourth-order valence-corrected chi connectivity index (χ4v) is 4.41. The molecule has 0 bridgehead atoms. The molecule has 0 aliphatic rings. The number of para-hydroxylation sites is 2. The van der Waals surface area contributed by atoms with Gasteiger partial charge < -0.3 is 14.5 Å². The van der Waals surface area contributed by atoms with E-state index in [-0.39, 0.29) is 10.7 Å². The molecule has 0 saturated carbocycles. The van der Waals surface area contributed by atoms with Gasteiger partial charge in [-0.3, -0.25) is 9.10 Å². The van der Waals surface area contributed by atoms with Crippen LogP contribution in [0.1, 0.15) is 10.6 Å². The normalized spacial score (nSPS) is 11.3. The Balaban J connectivity index is 1.59. The molecule has 0 unspecified atom stereocenters. The summed E-state index contributed by atoms with van der Waals surface area (Å²) in [6.07, 6.45) is 0. The minimum absolute atomic E-state index is 0.0583. The molecule has 0 fully saturated rings. The first-order valence-electron chi connectivity index (χ1n) is 9.42. The van der Waals surface area contributed by atoms with Gasteiger partial charge in [0, 0.05) is 18.1 Å². The molecule has 1 N–H and O–H groups in total. The zero-order valence-corrected chi connectivity index (χ0v) is 17.7. The Morgan fingerprint density at radius 3 is 2.45 bits per heavy atom. The van der Waals surface area contributed by atoms with Crippen molar-refractivity contribution in [1.82, 2.24) is 0 Å². The van der Waals surface area contributed by atoms with Crippen molar-refractivity contribution in [2.24, 2.45) is 0 Å². The number of anilines is 2. The predicted molar refractivity (Wildman–Crippen MR) is 119 cm³/mol. The zero-order chi connectivity index (χ0) is 22.0. The number of benzene rings is 3. The van der Waals surface area contributed by atoms with Crippen molar-refractivity contribution in [3.8, 4) is 5.75 Å². The molecule has 8 heteroatoms. The third-order valence-electron chi connectivity index (χ3n) is 4.82. The highest BCUT2D eigenvalue weighted by Crippen LogP contribution is 2.29. The van der Waals surface area contributed by atoms with E-state index in [1.807, 2.05) is 12.1 Å². The van der Waals surface area contributed by atoms with Crippen molar-refractivity contribution in [1.29, 1.82) is 0 Å². The highest BCUT2D eigenvalue weighted by molar-refractivity contribution is 7.92. The monoisotopic (exact) mass is 436 g/mol. The summed E-state index contributed by atoms with van der Waals surface area (Å²) in [6, 6.07) is 21.8. The fourth-order valence-electron chi connectivity index (χ4n) is 3.17. The Morgan fingerprint density at radius 1 is 0.968 bits per heavy atom. The van der Waals surface area contributed by atoms with Crippen LogP contribution in [0.4, 0.5) is 11.4 Å². The number of ether oxygens (including phenoxy) is 1. The molecule has 4 rings (SSSR count). The lowest BCUT2D eigenvalue weighted by atomic mass is 10.2. The number of furan rings is 1. The molecule has 0 saturated heterocycles. The van der Waals surface area contributed by atoms with Gasteiger partial charge in [0.15, 0.2) is 17.1 Å². The number of nitrogens with one attached hydrogen (secondary N) is 1. The third kappa shape index (κ3) is 3.97. The van der Waals surface area contributed by atoms with Crippen LogP contribution < -0.4 is 14.4 Å². The minimum Gasteiger partial charge on any atom is -0.493 e. The lowest BCUT2D eigenvalue weighted by Gasteiger charge is -2.19. The molecular formula is C23H20N2O5S. The van der Waals surface area contributed by atoms with Crippen molar-refractivity contribution in [2.75, 3.05) is 23.8 Å². The number of fused-ring (bicyclic) bond motifs is 1. The van der Waals surface area contributed by atoms with E-state index in [2.05, 4.69) is 5.32 Å². The van der Waals surface area contributed by atoms with Crippen LogP contribution in [0.15, 0.2) is 88.2 Å². The van der Waals surface area contributed by atoms with Gasteiger partial charge in [-0.2, -0.15) is 0 Å². The maximum atomic E-state index is 13.0. The van der Waals surface area contributed by atoms with E-state index < -0.39 is 15.9 Å². The van der Waals surface area contributed by atoms with E-state index in [9.17, 15) is 13.2 Å². The van der Waals surface area contributed by atoms with Gasteiger partial charge in [-0.25, -0.2) is 8.42 Å². The van der Waals surface area contributed by atoms with Crippen LogP contribution in [0.2, 0.25) is 0 Å².